The molecule has 0 aliphatic carbocycles. The zero-order chi connectivity index (χ0) is 12.3. The Balaban J connectivity index is 2.94. The lowest BCUT2D eigenvalue weighted by Crippen LogP contribution is -2.29. The normalized spacial score (nSPS) is 10.7. The standard InChI is InChI=1S/C12H13FN2O/c1-8-4-5-9(13)10(6-8)15-11(16)12(2,3)7-14/h4-6H,1-3H3,(H,15,16). The van der Waals surface area contributed by atoms with Crippen molar-refractivity contribution in [2.24, 2.45) is 5.41 Å². The Kier molecular flexibility index (Phi) is 3.28. The van der Waals surface area contributed by atoms with Gasteiger partial charge in [0.1, 0.15) is 11.2 Å². The van der Waals surface area contributed by atoms with E-state index in [1.165, 1.54) is 26.0 Å². The Morgan fingerprint density at radius 2 is 2.12 bits per heavy atom. The van der Waals surface area contributed by atoms with Crippen LogP contribution in [-0.2, 0) is 4.79 Å². The largest absolute Gasteiger partial charge is 0.322 e. The van der Waals surface area contributed by atoms with Crippen molar-refractivity contribution < 1.29 is 9.18 Å². The third kappa shape index (κ3) is 2.57. The van der Waals surface area contributed by atoms with E-state index < -0.39 is 17.1 Å². The highest BCUT2D eigenvalue weighted by molar-refractivity contribution is 5.96. The second-order valence-electron chi connectivity index (χ2n) is 4.17. The lowest BCUT2D eigenvalue weighted by Gasteiger charge is -2.15. The zero-order valence-electron chi connectivity index (χ0n) is 9.47. The van der Waals surface area contributed by atoms with E-state index in [0.29, 0.717) is 0 Å². The van der Waals surface area contributed by atoms with Crippen LogP contribution in [0.4, 0.5) is 10.1 Å². The molecule has 1 aromatic carbocycles. The van der Waals surface area contributed by atoms with E-state index in [2.05, 4.69) is 5.32 Å². The first-order valence-corrected chi connectivity index (χ1v) is 4.85. The summed E-state index contributed by atoms with van der Waals surface area (Å²) in [6, 6.07) is 6.28. The van der Waals surface area contributed by atoms with Crippen LogP contribution in [0.25, 0.3) is 0 Å². The lowest BCUT2D eigenvalue weighted by molar-refractivity contribution is -0.121. The molecule has 0 fully saturated rings. The number of hydrogen-bond acceptors (Lipinski definition) is 2. The van der Waals surface area contributed by atoms with Crippen LogP contribution in [0.15, 0.2) is 18.2 Å². The quantitative estimate of drug-likeness (QED) is 0.832. The van der Waals surface area contributed by atoms with Gasteiger partial charge in [0, 0.05) is 0 Å². The van der Waals surface area contributed by atoms with Gasteiger partial charge in [-0.05, 0) is 38.5 Å². The highest BCUT2D eigenvalue weighted by Crippen LogP contribution is 2.20. The van der Waals surface area contributed by atoms with Crippen molar-refractivity contribution in [3.8, 4) is 6.07 Å². The van der Waals surface area contributed by atoms with Crippen LogP contribution in [0.1, 0.15) is 19.4 Å². The molecular formula is C12H13FN2O. The van der Waals surface area contributed by atoms with Crippen LogP contribution < -0.4 is 5.32 Å². The van der Waals surface area contributed by atoms with E-state index in [1.807, 2.05) is 6.07 Å². The highest BCUT2D eigenvalue weighted by atomic mass is 19.1. The Morgan fingerprint density at radius 3 is 2.69 bits per heavy atom. The fraction of sp³-hybridized carbons (Fsp3) is 0.333. The molecule has 1 rings (SSSR count). The van der Waals surface area contributed by atoms with Crippen LogP contribution >= 0.6 is 0 Å². The Labute approximate surface area is 93.9 Å². The molecule has 1 amide bonds. The van der Waals surface area contributed by atoms with Crippen molar-refractivity contribution in [3.63, 3.8) is 0 Å². The molecule has 0 unspecified atom stereocenters. The van der Waals surface area contributed by atoms with Crippen molar-refractivity contribution in [1.29, 1.82) is 5.26 Å². The number of amides is 1. The molecule has 0 spiro atoms. The zero-order valence-corrected chi connectivity index (χ0v) is 9.47. The number of hydrogen-bond donors (Lipinski definition) is 1. The predicted octanol–water partition coefficient (Wildman–Crippen LogP) is 2.62. The number of anilines is 1. The molecule has 1 N–H and O–H groups in total. The van der Waals surface area contributed by atoms with Gasteiger partial charge in [0.2, 0.25) is 5.91 Å². The van der Waals surface area contributed by atoms with E-state index in [0.717, 1.165) is 5.56 Å². The van der Waals surface area contributed by atoms with Crippen molar-refractivity contribution in [2.75, 3.05) is 5.32 Å². The average Bonchev–Trinajstić information content (AvgIpc) is 2.23. The fourth-order valence-electron chi connectivity index (χ4n) is 1.06. The van der Waals surface area contributed by atoms with E-state index >= 15 is 0 Å². The lowest BCUT2D eigenvalue weighted by atomic mass is 9.94. The van der Waals surface area contributed by atoms with Gasteiger partial charge >= 0.3 is 0 Å². The van der Waals surface area contributed by atoms with Crippen molar-refractivity contribution in [1.82, 2.24) is 0 Å². The minimum absolute atomic E-state index is 0.105. The number of halogens is 1. The molecule has 0 aliphatic heterocycles. The molecule has 0 aromatic heterocycles. The summed E-state index contributed by atoms with van der Waals surface area (Å²) in [5, 5.41) is 11.2. The first kappa shape index (κ1) is 12.2. The van der Waals surface area contributed by atoms with Gasteiger partial charge in [-0.15, -0.1) is 0 Å². The molecule has 4 heteroatoms. The highest BCUT2D eigenvalue weighted by Gasteiger charge is 2.27. The number of benzene rings is 1. The summed E-state index contributed by atoms with van der Waals surface area (Å²) in [5.74, 6) is -1.02. The summed E-state index contributed by atoms with van der Waals surface area (Å²) < 4.78 is 13.3. The number of aryl methyl sites for hydroxylation is 1. The van der Waals surface area contributed by atoms with Gasteiger partial charge in [-0.3, -0.25) is 4.79 Å². The summed E-state index contributed by atoms with van der Waals surface area (Å²) in [7, 11) is 0. The minimum Gasteiger partial charge on any atom is -0.322 e. The van der Waals surface area contributed by atoms with Crippen molar-refractivity contribution >= 4 is 11.6 Å². The molecule has 0 saturated heterocycles. The first-order chi connectivity index (χ1) is 7.36. The van der Waals surface area contributed by atoms with Gasteiger partial charge in [0.05, 0.1) is 11.8 Å². The van der Waals surface area contributed by atoms with Crippen LogP contribution in [0.5, 0.6) is 0 Å². The van der Waals surface area contributed by atoms with Crippen LogP contribution in [0, 0.1) is 29.5 Å². The SMILES string of the molecule is Cc1ccc(F)c(NC(=O)C(C)(C)C#N)c1. The Bertz CT molecular complexity index is 461. The predicted molar refractivity (Wildman–Crippen MR) is 59.2 cm³/mol. The molecule has 0 bridgehead atoms. The molecule has 3 nitrogen and oxygen atoms in total. The number of nitrogens with zero attached hydrogens (tertiary/aromatic N) is 1. The minimum atomic E-state index is -1.17. The summed E-state index contributed by atoms with van der Waals surface area (Å²) in [4.78, 5) is 11.6. The number of carbonyl (C=O) groups is 1. The van der Waals surface area contributed by atoms with Gasteiger partial charge in [0.25, 0.3) is 0 Å². The molecule has 1 aromatic rings. The molecule has 0 aliphatic rings. The van der Waals surface area contributed by atoms with E-state index in [1.54, 1.807) is 13.0 Å². The van der Waals surface area contributed by atoms with Crippen molar-refractivity contribution in [2.45, 2.75) is 20.8 Å². The Morgan fingerprint density at radius 1 is 1.50 bits per heavy atom. The smallest absolute Gasteiger partial charge is 0.244 e. The first-order valence-electron chi connectivity index (χ1n) is 4.85. The maximum absolute atomic E-state index is 13.3. The van der Waals surface area contributed by atoms with Crippen LogP contribution in [-0.4, -0.2) is 5.91 Å². The van der Waals surface area contributed by atoms with Crippen LogP contribution in [0.3, 0.4) is 0 Å². The maximum Gasteiger partial charge on any atom is 0.244 e. The van der Waals surface area contributed by atoms with E-state index in [9.17, 15) is 9.18 Å². The molecule has 0 heterocycles. The number of nitriles is 1. The second-order valence-corrected chi connectivity index (χ2v) is 4.17. The van der Waals surface area contributed by atoms with E-state index in [4.69, 9.17) is 5.26 Å². The Hall–Kier alpha value is -1.89. The summed E-state index contributed by atoms with van der Waals surface area (Å²) >= 11 is 0. The third-order valence-electron chi connectivity index (χ3n) is 2.22. The van der Waals surface area contributed by atoms with Gasteiger partial charge in [-0.25, -0.2) is 4.39 Å². The maximum atomic E-state index is 13.3. The van der Waals surface area contributed by atoms with Gasteiger partial charge in [-0.2, -0.15) is 5.26 Å². The topological polar surface area (TPSA) is 52.9 Å². The van der Waals surface area contributed by atoms with E-state index in [-0.39, 0.29) is 5.69 Å². The second kappa shape index (κ2) is 4.31. The number of rotatable bonds is 2. The van der Waals surface area contributed by atoms with Crippen LogP contribution in [0.2, 0.25) is 0 Å². The number of carbonyl (C=O) groups excluding carboxylic acids is 1. The molecule has 16 heavy (non-hydrogen) atoms. The van der Waals surface area contributed by atoms with Crippen molar-refractivity contribution in [3.05, 3.63) is 29.6 Å². The molecule has 0 atom stereocenters. The van der Waals surface area contributed by atoms with Gasteiger partial charge in [-0.1, -0.05) is 6.07 Å². The van der Waals surface area contributed by atoms with Gasteiger partial charge < -0.3 is 5.32 Å². The average molecular weight is 220 g/mol. The number of nitrogens with one attached hydrogen (secondary N) is 1. The summed E-state index contributed by atoms with van der Waals surface area (Å²) in [6.07, 6.45) is 0. The summed E-state index contributed by atoms with van der Waals surface area (Å²) in [5.41, 5.74) is -0.226. The van der Waals surface area contributed by atoms with Gasteiger partial charge in [0.15, 0.2) is 0 Å². The summed E-state index contributed by atoms with van der Waals surface area (Å²) in [6.45, 7) is 4.76. The third-order valence-corrected chi connectivity index (χ3v) is 2.22. The molecule has 0 saturated carbocycles. The fourth-order valence-corrected chi connectivity index (χ4v) is 1.06. The molecular weight excluding hydrogens is 207 g/mol. The monoisotopic (exact) mass is 220 g/mol. The molecule has 84 valence electrons. The molecule has 0 radical (unpaired) electrons.